The Labute approximate surface area is 106 Å². The van der Waals surface area contributed by atoms with Crippen molar-refractivity contribution in [2.45, 2.75) is 29.5 Å². The van der Waals surface area contributed by atoms with E-state index < -0.39 is 20.9 Å². The Morgan fingerprint density at radius 3 is 2.61 bits per heavy atom. The van der Waals surface area contributed by atoms with E-state index in [2.05, 4.69) is 0 Å². The third kappa shape index (κ3) is 2.55. The quantitative estimate of drug-likeness (QED) is 0.884. The molecule has 1 heterocycles. The lowest BCUT2D eigenvalue weighted by atomic mass is 10.1. The summed E-state index contributed by atoms with van der Waals surface area (Å²) < 4.78 is 42.7. The second-order valence-electron chi connectivity index (χ2n) is 4.65. The molecule has 0 spiro atoms. The molecule has 1 unspecified atom stereocenters. The molecule has 1 aromatic carbocycles. The van der Waals surface area contributed by atoms with Crippen molar-refractivity contribution in [3.63, 3.8) is 0 Å². The van der Waals surface area contributed by atoms with E-state index in [9.17, 15) is 12.8 Å². The van der Waals surface area contributed by atoms with Gasteiger partial charge in [-0.25, -0.2) is 12.8 Å². The van der Waals surface area contributed by atoms with Gasteiger partial charge in [0.15, 0.2) is 9.84 Å². The van der Waals surface area contributed by atoms with Crippen LogP contribution in [0.4, 0.5) is 4.39 Å². The zero-order valence-electron chi connectivity index (χ0n) is 10.1. The van der Waals surface area contributed by atoms with Gasteiger partial charge in [0.1, 0.15) is 16.0 Å². The van der Waals surface area contributed by atoms with Crippen molar-refractivity contribution in [2.24, 2.45) is 5.73 Å². The van der Waals surface area contributed by atoms with Crippen LogP contribution in [0.25, 0.3) is 0 Å². The van der Waals surface area contributed by atoms with Crippen molar-refractivity contribution < 1.29 is 17.5 Å². The van der Waals surface area contributed by atoms with Crippen LogP contribution in [0.15, 0.2) is 23.1 Å². The number of halogens is 1. The summed E-state index contributed by atoms with van der Waals surface area (Å²) in [6.07, 6.45) is 0.518. The lowest BCUT2D eigenvalue weighted by molar-refractivity contribution is 0.0415. The van der Waals surface area contributed by atoms with Gasteiger partial charge in [-0.2, -0.15) is 0 Å². The molecule has 1 atom stereocenters. The Hall–Kier alpha value is -0.980. The minimum atomic E-state index is -3.61. The van der Waals surface area contributed by atoms with Gasteiger partial charge in [0.05, 0.1) is 13.2 Å². The van der Waals surface area contributed by atoms with Gasteiger partial charge in [-0.3, -0.25) is 0 Å². The fourth-order valence-electron chi connectivity index (χ4n) is 1.85. The largest absolute Gasteiger partial charge is 0.379 e. The number of hydrogen-bond acceptors (Lipinski definition) is 4. The lowest BCUT2D eigenvalue weighted by Gasteiger charge is -2.25. The van der Waals surface area contributed by atoms with E-state index >= 15 is 0 Å². The molecule has 1 aliphatic rings. The standard InChI is InChI=1S/C12H16FNO3S/c1-8(14)4-9-2-3-12(11(13)5-9)18(15,16)10-6-17-7-10/h2-3,5,8,10H,4,6-7,14H2,1H3. The van der Waals surface area contributed by atoms with Crippen LogP contribution in [0.2, 0.25) is 0 Å². The highest BCUT2D eigenvalue weighted by Crippen LogP contribution is 2.24. The highest BCUT2D eigenvalue weighted by Gasteiger charge is 2.35. The number of ether oxygens (including phenoxy) is 1. The van der Waals surface area contributed by atoms with Crippen molar-refractivity contribution in [1.82, 2.24) is 0 Å². The summed E-state index contributed by atoms with van der Waals surface area (Å²) in [5, 5.41) is -0.619. The summed E-state index contributed by atoms with van der Waals surface area (Å²) in [4.78, 5) is -0.246. The molecule has 18 heavy (non-hydrogen) atoms. The topological polar surface area (TPSA) is 69.4 Å². The summed E-state index contributed by atoms with van der Waals surface area (Å²) in [5.74, 6) is -0.708. The lowest BCUT2D eigenvalue weighted by Crippen LogP contribution is -2.40. The first-order valence-electron chi connectivity index (χ1n) is 5.77. The third-order valence-electron chi connectivity index (χ3n) is 2.91. The van der Waals surface area contributed by atoms with Crippen molar-refractivity contribution >= 4 is 9.84 Å². The van der Waals surface area contributed by atoms with Gasteiger partial charge in [-0.1, -0.05) is 6.07 Å². The van der Waals surface area contributed by atoms with E-state index in [1.54, 1.807) is 6.07 Å². The molecule has 0 amide bonds. The van der Waals surface area contributed by atoms with E-state index in [0.29, 0.717) is 12.0 Å². The predicted octanol–water partition coefficient (Wildman–Crippen LogP) is 0.888. The molecule has 1 fully saturated rings. The van der Waals surface area contributed by atoms with Crippen LogP contribution in [-0.2, 0) is 21.0 Å². The molecular weight excluding hydrogens is 257 g/mol. The van der Waals surface area contributed by atoms with Crippen molar-refractivity contribution in [3.8, 4) is 0 Å². The SMILES string of the molecule is CC(N)Cc1ccc(S(=O)(=O)C2COC2)c(F)c1. The van der Waals surface area contributed by atoms with Crippen LogP contribution in [0, 0.1) is 5.82 Å². The first-order chi connectivity index (χ1) is 8.41. The Morgan fingerprint density at radius 1 is 1.50 bits per heavy atom. The van der Waals surface area contributed by atoms with Gasteiger partial charge in [0.2, 0.25) is 0 Å². The Kier molecular flexibility index (Phi) is 3.70. The van der Waals surface area contributed by atoms with Crippen LogP contribution in [0.3, 0.4) is 0 Å². The van der Waals surface area contributed by atoms with E-state index in [0.717, 1.165) is 0 Å². The minimum Gasteiger partial charge on any atom is -0.379 e. The molecule has 4 nitrogen and oxygen atoms in total. The molecule has 1 aromatic rings. The average Bonchev–Trinajstić information content (AvgIpc) is 2.11. The highest BCUT2D eigenvalue weighted by molar-refractivity contribution is 7.92. The van der Waals surface area contributed by atoms with Crippen molar-refractivity contribution in [3.05, 3.63) is 29.6 Å². The molecule has 0 radical (unpaired) electrons. The summed E-state index contributed by atoms with van der Waals surface area (Å²) in [5.41, 5.74) is 6.32. The molecule has 1 saturated heterocycles. The maximum absolute atomic E-state index is 13.9. The van der Waals surface area contributed by atoms with Crippen LogP contribution < -0.4 is 5.73 Å². The van der Waals surface area contributed by atoms with Gasteiger partial charge in [-0.05, 0) is 31.0 Å². The van der Waals surface area contributed by atoms with Crippen LogP contribution in [-0.4, -0.2) is 32.9 Å². The van der Waals surface area contributed by atoms with E-state index in [-0.39, 0.29) is 24.2 Å². The second kappa shape index (κ2) is 4.95. The number of benzene rings is 1. The number of sulfone groups is 1. The maximum atomic E-state index is 13.9. The zero-order chi connectivity index (χ0) is 13.3. The summed E-state index contributed by atoms with van der Waals surface area (Å²) >= 11 is 0. The summed E-state index contributed by atoms with van der Waals surface area (Å²) in [7, 11) is -3.61. The molecule has 1 aliphatic heterocycles. The van der Waals surface area contributed by atoms with E-state index in [4.69, 9.17) is 10.5 Å². The van der Waals surface area contributed by atoms with Gasteiger partial charge in [0, 0.05) is 6.04 Å². The summed E-state index contributed by atoms with van der Waals surface area (Å²) in [6.45, 7) is 2.10. The first-order valence-corrected chi connectivity index (χ1v) is 7.31. The Bertz CT molecular complexity index is 538. The predicted molar refractivity (Wildman–Crippen MR) is 65.5 cm³/mol. The Balaban J connectivity index is 2.29. The molecule has 2 N–H and O–H groups in total. The minimum absolute atomic E-state index is 0.0908. The van der Waals surface area contributed by atoms with E-state index in [1.165, 1.54) is 12.1 Å². The average molecular weight is 273 g/mol. The third-order valence-corrected chi connectivity index (χ3v) is 5.00. The van der Waals surface area contributed by atoms with Crippen LogP contribution >= 0.6 is 0 Å². The van der Waals surface area contributed by atoms with Gasteiger partial charge < -0.3 is 10.5 Å². The van der Waals surface area contributed by atoms with E-state index in [1.807, 2.05) is 6.92 Å². The molecular formula is C12H16FNO3S. The van der Waals surface area contributed by atoms with Crippen molar-refractivity contribution in [1.29, 1.82) is 0 Å². The fourth-order valence-corrected chi connectivity index (χ4v) is 3.34. The number of rotatable bonds is 4. The molecule has 6 heteroatoms. The highest BCUT2D eigenvalue weighted by atomic mass is 32.2. The monoisotopic (exact) mass is 273 g/mol. The zero-order valence-corrected chi connectivity index (χ0v) is 10.9. The van der Waals surface area contributed by atoms with Crippen LogP contribution in [0.1, 0.15) is 12.5 Å². The fraction of sp³-hybridized carbons (Fsp3) is 0.500. The molecule has 0 bridgehead atoms. The molecule has 0 saturated carbocycles. The Morgan fingerprint density at radius 2 is 2.17 bits per heavy atom. The van der Waals surface area contributed by atoms with Gasteiger partial charge in [-0.15, -0.1) is 0 Å². The normalized spacial score (nSPS) is 18.4. The molecule has 0 aliphatic carbocycles. The molecule has 0 aromatic heterocycles. The second-order valence-corrected chi connectivity index (χ2v) is 6.85. The van der Waals surface area contributed by atoms with Crippen molar-refractivity contribution in [2.75, 3.05) is 13.2 Å². The summed E-state index contributed by atoms with van der Waals surface area (Å²) in [6, 6.07) is 4.09. The molecule has 2 rings (SSSR count). The molecule has 100 valence electrons. The maximum Gasteiger partial charge on any atom is 0.188 e. The number of nitrogens with two attached hydrogens (primary N) is 1. The number of hydrogen-bond donors (Lipinski definition) is 1. The smallest absolute Gasteiger partial charge is 0.188 e. The van der Waals surface area contributed by atoms with Gasteiger partial charge >= 0.3 is 0 Å². The first kappa shape index (κ1) is 13.5. The van der Waals surface area contributed by atoms with Gasteiger partial charge in [0.25, 0.3) is 0 Å². The van der Waals surface area contributed by atoms with Crippen LogP contribution in [0.5, 0.6) is 0 Å².